The second-order valence-electron chi connectivity index (χ2n) is 9.51. The fourth-order valence-corrected chi connectivity index (χ4v) is 6.05. The van der Waals surface area contributed by atoms with Crippen molar-refractivity contribution < 1.29 is 8.42 Å². The van der Waals surface area contributed by atoms with Gasteiger partial charge in [-0.05, 0) is 61.6 Å². The van der Waals surface area contributed by atoms with E-state index in [1.807, 2.05) is 49.3 Å². The third-order valence-corrected chi connectivity index (χ3v) is 8.44. The van der Waals surface area contributed by atoms with Crippen LogP contribution in [0.5, 0.6) is 0 Å². The Morgan fingerprint density at radius 3 is 2.53 bits per heavy atom. The Morgan fingerprint density at radius 2 is 1.74 bits per heavy atom. The van der Waals surface area contributed by atoms with Gasteiger partial charge in [0, 0.05) is 67.1 Å². The van der Waals surface area contributed by atoms with Gasteiger partial charge in [-0.3, -0.25) is 4.98 Å². The first-order valence-corrected chi connectivity index (χ1v) is 14.9. The molecule has 0 saturated carbocycles. The number of para-hydroxylation sites is 1. The molecule has 0 bridgehead atoms. The van der Waals surface area contributed by atoms with Crippen molar-refractivity contribution in [1.82, 2.24) is 14.6 Å². The Morgan fingerprint density at radius 1 is 0.921 bits per heavy atom. The molecule has 0 saturated heterocycles. The summed E-state index contributed by atoms with van der Waals surface area (Å²) < 4.78 is 29.1. The molecule has 202 valence electrons. The maximum absolute atomic E-state index is 13.1. The van der Waals surface area contributed by atoms with E-state index >= 15 is 0 Å². The highest BCUT2D eigenvalue weighted by atomic mass is 35.5. The number of unbranched alkanes of at least 4 members (excludes halogenated alkanes) is 1. The lowest BCUT2D eigenvalue weighted by Gasteiger charge is -2.21. The van der Waals surface area contributed by atoms with E-state index in [1.54, 1.807) is 18.3 Å². The smallest absolute Gasteiger partial charge is 0.242 e. The summed E-state index contributed by atoms with van der Waals surface area (Å²) in [6.07, 6.45) is 3.69. The average molecular weight is 554 g/mol. The van der Waals surface area contributed by atoms with Gasteiger partial charge >= 0.3 is 0 Å². The van der Waals surface area contributed by atoms with E-state index in [-0.39, 0.29) is 4.90 Å². The molecule has 7 nitrogen and oxygen atoms in total. The van der Waals surface area contributed by atoms with Gasteiger partial charge in [0.25, 0.3) is 0 Å². The summed E-state index contributed by atoms with van der Waals surface area (Å²) in [4.78, 5) is 8.82. The zero-order valence-corrected chi connectivity index (χ0v) is 23.8. The molecule has 4 aromatic rings. The lowest BCUT2D eigenvalue weighted by atomic mass is 10.1. The van der Waals surface area contributed by atoms with Crippen LogP contribution < -0.4 is 14.9 Å². The molecular formula is C29H36ClN5O2S. The highest BCUT2D eigenvalue weighted by Gasteiger charge is 2.19. The number of fused-ring (bicyclic) bond motifs is 2. The Kier molecular flexibility index (Phi) is 9.44. The van der Waals surface area contributed by atoms with Gasteiger partial charge in [-0.25, -0.2) is 13.1 Å². The molecule has 0 spiro atoms. The molecular weight excluding hydrogens is 518 g/mol. The van der Waals surface area contributed by atoms with Crippen molar-refractivity contribution in [3.8, 4) is 0 Å². The molecule has 1 aromatic heterocycles. The molecule has 2 N–H and O–H groups in total. The molecule has 0 aliphatic carbocycles. The van der Waals surface area contributed by atoms with Gasteiger partial charge in [0.2, 0.25) is 10.0 Å². The number of sulfonamides is 1. The molecule has 9 heteroatoms. The number of nitrogens with one attached hydrogen (secondary N) is 2. The molecule has 1 heterocycles. The van der Waals surface area contributed by atoms with Crippen molar-refractivity contribution >= 4 is 54.7 Å². The summed E-state index contributed by atoms with van der Waals surface area (Å²) in [6, 6.07) is 19.3. The first kappa shape index (κ1) is 28.1. The zero-order valence-electron chi connectivity index (χ0n) is 22.2. The Labute approximate surface area is 230 Å². The van der Waals surface area contributed by atoms with Crippen molar-refractivity contribution in [3.05, 3.63) is 71.9 Å². The molecule has 0 aliphatic rings. The average Bonchev–Trinajstić information content (AvgIpc) is 2.90. The number of likely N-dealkylation sites (N-methyl/N-ethyl adjacent to an activating group) is 1. The summed E-state index contributed by atoms with van der Waals surface area (Å²) in [6.45, 7) is 5.74. The number of aromatic nitrogens is 1. The molecule has 4 rings (SSSR count). The van der Waals surface area contributed by atoms with E-state index in [0.29, 0.717) is 18.6 Å². The largest absolute Gasteiger partial charge is 0.385 e. The lowest BCUT2D eigenvalue weighted by Crippen LogP contribution is -2.35. The SMILES string of the molecule is CCN(CCCCNc1cccc2cc(Cl)ccc12)CCNS(=O)(=O)c1cccc2c(N(C)C)ccnc12. The van der Waals surface area contributed by atoms with E-state index in [9.17, 15) is 8.42 Å². The van der Waals surface area contributed by atoms with Crippen LogP contribution in [-0.2, 0) is 10.0 Å². The maximum Gasteiger partial charge on any atom is 0.242 e. The predicted octanol–water partition coefficient (Wildman–Crippen LogP) is 5.60. The van der Waals surface area contributed by atoms with Crippen LogP contribution in [0.25, 0.3) is 21.7 Å². The van der Waals surface area contributed by atoms with Crippen LogP contribution in [0.15, 0.2) is 71.8 Å². The van der Waals surface area contributed by atoms with Crippen molar-refractivity contribution in [2.75, 3.05) is 57.0 Å². The van der Waals surface area contributed by atoms with Gasteiger partial charge < -0.3 is 15.1 Å². The molecule has 0 fully saturated rings. The van der Waals surface area contributed by atoms with Crippen molar-refractivity contribution in [1.29, 1.82) is 0 Å². The van der Waals surface area contributed by atoms with Gasteiger partial charge in [0.1, 0.15) is 4.90 Å². The molecule has 0 radical (unpaired) electrons. The molecule has 0 amide bonds. The number of rotatable bonds is 13. The predicted molar refractivity (Wildman–Crippen MR) is 160 cm³/mol. The second kappa shape index (κ2) is 12.8. The topological polar surface area (TPSA) is 77.6 Å². The highest BCUT2D eigenvalue weighted by Crippen LogP contribution is 2.28. The number of hydrogen-bond acceptors (Lipinski definition) is 6. The molecule has 38 heavy (non-hydrogen) atoms. The first-order chi connectivity index (χ1) is 18.3. The molecule has 0 atom stereocenters. The van der Waals surface area contributed by atoms with E-state index < -0.39 is 10.0 Å². The quantitative estimate of drug-likeness (QED) is 0.210. The van der Waals surface area contributed by atoms with Crippen LogP contribution in [0.3, 0.4) is 0 Å². The monoisotopic (exact) mass is 553 g/mol. The van der Waals surface area contributed by atoms with Gasteiger partial charge in [-0.1, -0.05) is 48.9 Å². The van der Waals surface area contributed by atoms with Crippen molar-refractivity contribution in [3.63, 3.8) is 0 Å². The van der Waals surface area contributed by atoms with Crippen LogP contribution in [0.1, 0.15) is 19.8 Å². The normalized spacial score (nSPS) is 11.9. The van der Waals surface area contributed by atoms with Crippen molar-refractivity contribution in [2.24, 2.45) is 0 Å². The number of halogens is 1. The minimum atomic E-state index is -3.69. The van der Waals surface area contributed by atoms with Gasteiger partial charge in [0.15, 0.2) is 0 Å². The number of pyridine rings is 1. The maximum atomic E-state index is 13.1. The Hall–Kier alpha value is -2.91. The molecule has 0 aliphatic heterocycles. The van der Waals surface area contributed by atoms with Gasteiger partial charge in [0.05, 0.1) is 5.52 Å². The lowest BCUT2D eigenvalue weighted by molar-refractivity contribution is 0.287. The molecule has 0 unspecified atom stereocenters. The molecule has 3 aromatic carbocycles. The number of hydrogen-bond donors (Lipinski definition) is 2. The summed E-state index contributed by atoms with van der Waals surface area (Å²) in [5.74, 6) is 0. The van der Waals surface area contributed by atoms with Crippen LogP contribution in [0, 0.1) is 0 Å². The fourth-order valence-electron chi connectivity index (χ4n) is 4.68. The zero-order chi connectivity index (χ0) is 27.1. The fraction of sp³-hybridized carbons (Fsp3) is 0.345. The van der Waals surface area contributed by atoms with Crippen LogP contribution in [0.4, 0.5) is 11.4 Å². The summed E-state index contributed by atoms with van der Waals surface area (Å²) in [5.41, 5.74) is 2.53. The van der Waals surface area contributed by atoms with Crippen LogP contribution in [0.2, 0.25) is 5.02 Å². The van der Waals surface area contributed by atoms with E-state index in [1.165, 1.54) is 5.39 Å². The Balaban J connectivity index is 1.26. The Bertz CT molecular complexity index is 1490. The summed E-state index contributed by atoms with van der Waals surface area (Å²) >= 11 is 6.12. The number of nitrogens with zero attached hydrogens (tertiary/aromatic N) is 3. The van der Waals surface area contributed by atoms with E-state index in [2.05, 4.69) is 45.0 Å². The van der Waals surface area contributed by atoms with Crippen LogP contribution in [-0.4, -0.2) is 65.1 Å². The second-order valence-corrected chi connectivity index (χ2v) is 11.7. The van der Waals surface area contributed by atoms with E-state index in [0.717, 1.165) is 59.6 Å². The summed E-state index contributed by atoms with van der Waals surface area (Å²) in [5, 5.41) is 7.39. The van der Waals surface area contributed by atoms with Crippen molar-refractivity contribution in [2.45, 2.75) is 24.7 Å². The minimum absolute atomic E-state index is 0.212. The minimum Gasteiger partial charge on any atom is -0.385 e. The standard InChI is InChI=1S/C29H36ClN5O2S/c1-4-35(19-6-5-16-31-26-11-7-9-22-21-23(30)13-14-24(22)26)20-18-33-38(36,37)28-12-8-10-25-27(34(2)3)15-17-32-29(25)28/h7-15,17,21,31,33H,4-6,16,18-20H2,1-3H3. The third-order valence-electron chi connectivity index (χ3n) is 6.71. The number of anilines is 2. The third kappa shape index (κ3) is 6.74. The highest BCUT2D eigenvalue weighted by molar-refractivity contribution is 7.89. The van der Waals surface area contributed by atoms with Crippen LogP contribution >= 0.6 is 11.6 Å². The van der Waals surface area contributed by atoms with E-state index in [4.69, 9.17) is 11.6 Å². The van der Waals surface area contributed by atoms with Gasteiger partial charge in [-0.2, -0.15) is 0 Å². The first-order valence-electron chi connectivity index (χ1n) is 13.0. The van der Waals surface area contributed by atoms with Gasteiger partial charge in [-0.15, -0.1) is 0 Å². The summed E-state index contributed by atoms with van der Waals surface area (Å²) in [7, 11) is 0.179. The number of benzene rings is 3.